The highest BCUT2D eigenvalue weighted by Crippen LogP contribution is 2.40. The van der Waals surface area contributed by atoms with Gasteiger partial charge in [-0.3, -0.25) is 0 Å². The minimum atomic E-state index is 0.168. The molecular weight excluding hydrogens is 148 g/mol. The lowest BCUT2D eigenvalue weighted by Gasteiger charge is -2.03. The summed E-state index contributed by atoms with van der Waals surface area (Å²) in [4.78, 5) is 0. The molecule has 0 radical (unpaired) electrons. The Bertz CT molecular complexity index is 287. The van der Waals surface area contributed by atoms with Gasteiger partial charge in [-0.1, -0.05) is 23.8 Å². The second-order valence-electron chi connectivity index (χ2n) is 3.68. The van der Waals surface area contributed by atoms with Crippen molar-refractivity contribution >= 4 is 0 Å². The van der Waals surface area contributed by atoms with E-state index in [2.05, 4.69) is 19.1 Å². The summed E-state index contributed by atoms with van der Waals surface area (Å²) in [6.45, 7) is 2.26. The summed E-state index contributed by atoms with van der Waals surface area (Å²) >= 11 is 0. The lowest BCUT2D eigenvalue weighted by Crippen LogP contribution is -1.88. The summed E-state index contributed by atoms with van der Waals surface area (Å²) in [5.41, 5.74) is 3.74. The number of aliphatic hydroxyl groups is 1. The van der Waals surface area contributed by atoms with Crippen LogP contribution in [0.1, 0.15) is 35.4 Å². The molecule has 0 bridgehead atoms. The predicted octanol–water partition coefficient (Wildman–Crippen LogP) is 2.36. The van der Waals surface area contributed by atoms with Crippen LogP contribution < -0.4 is 0 Å². The van der Waals surface area contributed by atoms with E-state index in [1.54, 1.807) is 0 Å². The summed E-state index contributed by atoms with van der Waals surface area (Å²) in [6, 6.07) is 6.41. The number of hydrogen-bond acceptors (Lipinski definition) is 1. The third kappa shape index (κ3) is 1.51. The molecule has 1 fully saturated rings. The Hall–Kier alpha value is -0.820. The van der Waals surface area contributed by atoms with Crippen molar-refractivity contribution in [2.45, 2.75) is 32.3 Å². The Morgan fingerprint density at radius 3 is 2.67 bits per heavy atom. The Morgan fingerprint density at radius 1 is 1.33 bits per heavy atom. The van der Waals surface area contributed by atoms with Crippen LogP contribution in [0, 0.1) is 6.92 Å². The van der Waals surface area contributed by atoms with Gasteiger partial charge >= 0.3 is 0 Å². The standard InChI is InChI=1S/C11H14O/c1-8-4-9(7-12)6-11(5-8)10-2-3-10/h4-6,10,12H,2-3,7H2,1H3. The topological polar surface area (TPSA) is 20.2 Å². The van der Waals surface area contributed by atoms with Crippen molar-refractivity contribution in [1.29, 1.82) is 0 Å². The van der Waals surface area contributed by atoms with Crippen molar-refractivity contribution in [3.05, 3.63) is 34.9 Å². The van der Waals surface area contributed by atoms with Gasteiger partial charge in [-0.05, 0) is 36.8 Å². The van der Waals surface area contributed by atoms with Crippen LogP contribution in [0.2, 0.25) is 0 Å². The molecule has 2 rings (SSSR count). The Labute approximate surface area is 73.0 Å². The summed E-state index contributed by atoms with van der Waals surface area (Å²) in [7, 11) is 0. The quantitative estimate of drug-likeness (QED) is 0.707. The molecule has 0 heterocycles. The lowest BCUT2D eigenvalue weighted by atomic mass is 10.0. The van der Waals surface area contributed by atoms with Crippen molar-refractivity contribution in [2.24, 2.45) is 0 Å². The van der Waals surface area contributed by atoms with Gasteiger partial charge in [-0.15, -0.1) is 0 Å². The maximum absolute atomic E-state index is 8.99. The molecule has 1 N–H and O–H groups in total. The Morgan fingerprint density at radius 2 is 2.08 bits per heavy atom. The van der Waals surface area contributed by atoms with E-state index < -0.39 is 0 Å². The first-order chi connectivity index (χ1) is 5.79. The molecule has 0 unspecified atom stereocenters. The molecule has 1 aliphatic rings. The van der Waals surface area contributed by atoms with E-state index in [0.29, 0.717) is 0 Å². The van der Waals surface area contributed by atoms with Crippen molar-refractivity contribution < 1.29 is 5.11 Å². The van der Waals surface area contributed by atoms with E-state index >= 15 is 0 Å². The SMILES string of the molecule is Cc1cc(CO)cc(C2CC2)c1. The van der Waals surface area contributed by atoms with Gasteiger partial charge in [0.05, 0.1) is 6.61 Å². The molecule has 0 spiro atoms. The third-order valence-corrected chi connectivity index (χ3v) is 2.39. The fourth-order valence-corrected chi connectivity index (χ4v) is 1.64. The highest BCUT2D eigenvalue weighted by atomic mass is 16.3. The summed E-state index contributed by atoms with van der Waals surface area (Å²) in [6.07, 6.45) is 2.66. The second-order valence-corrected chi connectivity index (χ2v) is 3.68. The second kappa shape index (κ2) is 2.91. The molecule has 1 heteroatoms. The maximum Gasteiger partial charge on any atom is 0.0682 e. The molecule has 1 aliphatic carbocycles. The number of benzene rings is 1. The number of hydrogen-bond donors (Lipinski definition) is 1. The summed E-state index contributed by atoms with van der Waals surface area (Å²) in [5.74, 6) is 0.787. The first-order valence-corrected chi connectivity index (χ1v) is 4.51. The fraction of sp³-hybridized carbons (Fsp3) is 0.455. The molecule has 0 aromatic heterocycles. The molecule has 12 heavy (non-hydrogen) atoms. The molecule has 0 atom stereocenters. The average molecular weight is 162 g/mol. The highest BCUT2D eigenvalue weighted by Gasteiger charge is 2.23. The Balaban J connectivity index is 2.34. The zero-order chi connectivity index (χ0) is 8.55. The molecule has 0 saturated heterocycles. The zero-order valence-corrected chi connectivity index (χ0v) is 7.38. The molecule has 1 saturated carbocycles. The normalized spacial score (nSPS) is 16.5. The first-order valence-electron chi connectivity index (χ1n) is 4.51. The van der Waals surface area contributed by atoms with E-state index in [4.69, 9.17) is 5.11 Å². The van der Waals surface area contributed by atoms with Crippen molar-refractivity contribution in [2.75, 3.05) is 0 Å². The van der Waals surface area contributed by atoms with Crippen LogP contribution >= 0.6 is 0 Å². The van der Waals surface area contributed by atoms with Crippen molar-refractivity contribution in [3.63, 3.8) is 0 Å². The molecule has 64 valence electrons. The van der Waals surface area contributed by atoms with Gasteiger partial charge in [0.2, 0.25) is 0 Å². The van der Waals surface area contributed by atoms with E-state index in [0.717, 1.165) is 11.5 Å². The average Bonchev–Trinajstić information content (AvgIpc) is 2.85. The first kappa shape index (κ1) is 7.81. The van der Waals surface area contributed by atoms with E-state index in [1.165, 1.54) is 24.0 Å². The van der Waals surface area contributed by atoms with Crippen LogP contribution in [-0.4, -0.2) is 5.11 Å². The van der Waals surface area contributed by atoms with Gasteiger partial charge < -0.3 is 5.11 Å². The zero-order valence-electron chi connectivity index (χ0n) is 7.38. The van der Waals surface area contributed by atoms with Crippen LogP contribution in [0.15, 0.2) is 18.2 Å². The predicted molar refractivity (Wildman–Crippen MR) is 49.1 cm³/mol. The van der Waals surface area contributed by atoms with Crippen molar-refractivity contribution in [3.8, 4) is 0 Å². The molecular formula is C11H14O. The van der Waals surface area contributed by atoms with Crippen LogP contribution in [0.4, 0.5) is 0 Å². The van der Waals surface area contributed by atoms with E-state index in [9.17, 15) is 0 Å². The van der Waals surface area contributed by atoms with Gasteiger partial charge in [0, 0.05) is 0 Å². The number of aliphatic hydroxyl groups excluding tert-OH is 1. The minimum Gasteiger partial charge on any atom is -0.392 e. The molecule has 0 amide bonds. The van der Waals surface area contributed by atoms with Gasteiger partial charge in [-0.25, -0.2) is 0 Å². The lowest BCUT2D eigenvalue weighted by molar-refractivity contribution is 0.281. The number of rotatable bonds is 2. The van der Waals surface area contributed by atoms with Crippen LogP contribution in [0.3, 0.4) is 0 Å². The van der Waals surface area contributed by atoms with Crippen LogP contribution in [0.5, 0.6) is 0 Å². The molecule has 1 aromatic carbocycles. The van der Waals surface area contributed by atoms with E-state index in [1.807, 2.05) is 6.07 Å². The fourth-order valence-electron chi connectivity index (χ4n) is 1.64. The van der Waals surface area contributed by atoms with Crippen LogP contribution in [0.25, 0.3) is 0 Å². The van der Waals surface area contributed by atoms with Crippen LogP contribution in [-0.2, 0) is 6.61 Å². The monoisotopic (exact) mass is 162 g/mol. The highest BCUT2D eigenvalue weighted by molar-refractivity contribution is 5.33. The van der Waals surface area contributed by atoms with Gasteiger partial charge in [0.15, 0.2) is 0 Å². The molecule has 1 nitrogen and oxygen atoms in total. The maximum atomic E-state index is 8.99. The minimum absolute atomic E-state index is 0.168. The molecule has 0 aliphatic heterocycles. The van der Waals surface area contributed by atoms with Crippen molar-refractivity contribution in [1.82, 2.24) is 0 Å². The summed E-state index contributed by atoms with van der Waals surface area (Å²) < 4.78 is 0. The van der Waals surface area contributed by atoms with Gasteiger partial charge in [-0.2, -0.15) is 0 Å². The number of aryl methyl sites for hydroxylation is 1. The van der Waals surface area contributed by atoms with Gasteiger partial charge in [0.1, 0.15) is 0 Å². The largest absolute Gasteiger partial charge is 0.392 e. The van der Waals surface area contributed by atoms with E-state index in [-0.39, 0.29) is 6.61 Å². The third-order valence-electron chi connectivity index (χ3n) is 2.39. The van der Waals surface area contributed by atoms with Gasteiger partial charge in [0.25, 0.3) is 0 Å². The molecule has 1 aromatic rings. The Kier molecular flexibility index (Phi) is 1.89. The smallest absolute Gasteiger partial charge is 0.0682 e. The summed E-state index contributed by atoms with van der Waals surface area (Å²) in [5, 5.41) is 8.99.